The molecule has 0 bridgehead atoms. The summed E-state index contributed by atoms with van der Waals surface area (Å²) in [7, 11) is 2.25. The molecular weight excluding hydrogens is 210 g/mol. The molecule has 2 saturated heterocycles. The lowest BCUT2D eigenvalue weighted by molar-refractivity contribution is 0.108. The van der Waals surface area contributed by atoms with Gasteiger partial charge in [0.05, 0.1) is 0 Å². The van der Waals surface area contributed by atoms with Gasteiger partial charge in [-0.15, -0.1) is 0 Å². The molecule has 0 saturated carbocycles. The molecule has 3 heteroatoms. The van der Waals surface area contributed by atoms with Crippen LogP contribution in [0.25, 0.3) is 0 Å². The molecule has 2 fully saturated rings. The lowest BCUT2D eigenvalue weighted by Gasteiger charge is -2.38. The second-order valence-electron chi connectivity index (χ2n) is 4.98. The Balaban J connectivity index is 0.000000811. The van der Waals surface area contributed by atoms with Crippen molar-refractivity contribution in [3.05, 3.63) is 0 Å². The van der Waals surface area contributed by atoms with Crippen molar-refractivity contribution in [3.63, 3.8) is 0 Å². The third kappa shape index (κ3) is 4.57. The fourth-order valence-electron chi connectivity index (χ4n) is 3.10. The molecule has 0 aromatic heterocycles. The Morgan fingerprint density at radius 3 is 2.12 bits per heavy atom. The van der Waals surface area contributed by atoms with Crippen LogP contribution in [-0.2, 0) is 0 Å². The van der Waals surface area contributed by atoms with Crippen molar-refractivity contribution in [1.29, 1.82) is 0 Å². The zero-order chi connectivity index (χ0) is 12.0. The van der Waals surface area contributed by atoms with E-state index in [1.807, 2.05) is 13.8 Å². The lowest BCUT2D eigenvalue weighted by Crippen LogP contribution is -2.45. The quantitative estimate of drug-likeness (QED) is 0.810. The molecule has 2 aliphatic heterocycles. The van der Waals surface area contributed by atoms with Crippen LogP contribution in [0.15, 0.2) is 0 Å². The van der Waals surface area contributed by atoms with Gasteiger partial charge in [-0.2, -0.15) is 0 Å². The molecule has 1 atom stereocenters. The molecule has 0 aromatic carbocycles. The molecule has 0 radical (unpaired) electrons. The number of piperidine rings is 1. The highest BCUT2D eigenvalue weighted by molar-refractivity contribution is 4.86. The Kier molecular flexibility index (Phi) is 8.83. The molecule has 2 aliphatic rings. The average Bonchev–Trinajstić information content (AvgIpc) is 2.81. The van der Waals surface area contributed by atoms with E-state index in [9.17, 15) is 0 Å². The van der Waals surface area contributed by atoms with Gasteiger partial charge >= 0.3 is 0 Å². The molecule has 17 heavy (non-hydrogen) atoms. The first-order chi connectivity index (χ1) is 7.81. The fraction of sp³-hybridized carbons (Fsp3) is 1.00. The maximum absolute atomic E-state index is 2.80. The fourth-order valence-corrected chi connectivity index (χ4v) is 3.10. The summed E-state index contributed by atoms with van der Waals surface area (Å²) in [6, 6.07) is 1.81. The van der Waals surface area contributed by atoms with E-state index in [1.54, 1.807) is 0 Å². The zero-order valence-corrected chi connectivity index (χ0v) is 12.4. The number of hydrogen-bond acceptors (Lipinski definition) is 3. The van der Waals surface area contributed by atoms with Crippen LogP contribution >= 0.6 is 0 Å². The molecule has 3 nitrogen and oxygen atoms in total. The molecule has 0 spiro atoms. The van der Waals surface area contributed by atoms with Gasteiger partial charge in [0.15, 0.2) is 0 Å². The Morgan fingerprint density at radius 1 is 1.00 bits per heavy atom. The molecule has 0 unspecified atom stereocenters. The average molecular weight is 243 g/mol. The third-order valence-electron chi connectivity index (χ3n) is 4.05. The van der Waals surface area contributed by atoms with Gasteiger partial charge < -0.3 is 11.1 Å². The first-order valence-electron chi connectivity index (χ1n) is 7.25. The summed E-state index contributed by atoms with van der Waals surface area (Å²) in [5, 5.41) is 0. The van der Waals surface area contributed by atoms with Crippen LogP contribution in [0.2, 0.25) is 0 Å². The number of hydrogen-bond donors (Lipinski definition) is 1. The zero-order valence-electron chi connectivity index (χ0n) is 12.4. The van der Waals surface area contributed by atoms with Crippen LogP contribution in [0.4, 0.5) is 0 Å². The van der Waals surface area contributed by atoms with Crippen LogP contribution in [0.1, 0.15) is 52.9 Å². The molecular formula is C14H33N3. The summed E-state index contributed by atoms with van der Waals surface area (Å²) in [6.45, 7) is 10.3. The second-order valence-corrected chi connectivity index (χ2v) is 4.98. The molecule has 3 N–H and O–H groups in total. The minimum atomic E-state index is 0. The van der Waals surface area contributed by atoms with Gasteiger partial charge in [0.2, 0.25) is 0 Å². The van der Waals surface area contributed by atoms with E-state index in [1.165, 1.54) is 51.7 Å². The highest BCUT2D eigenvalue weighted by Crippen LogP contribution is 2.26. The molecule has 0 aliphatic carbocycles. The van der Waals surface area contributed by atoms with E-state index in [0.29, 0.717) is 0 Å². The van der Waals surface area contributed by atoms with E-state index >= 15 is 0 Å². The second kappa shape index (κ2) is 8.90. The predicted octanol–water partition coefficient (Wildman–Crippen LogP) is 3.14. The van der Waals surface area contributed by atoms with E-state index in [2.05, 4.69) is 23.8 Å². The van der Waals surface area contributed by atoms with Gasteiger partial charge in [0, 0.05) is 12.1 Å². The first kappa shape index (κ1) is 16.9. The molecule has 2 rings (SSSR count). The monoisotopic (exact) mass is 243 g/mol. The van der Waals surface area contributed by atoms with Gasteiger partial charge in [0.1, 0.15) is 0 Å². The maximum Gasteiger partial charge on any atom is 0.0122 e. The van der Waals surface area contributed by atoms with Crippen molar-refractivity contribution in [2.24, 2.45) is 0 Å². The van der Waals surface area contributed by atoms with E-state index in [0.717, 1.165) is 12.1 Å². The summed E-state index contributed by atoms with van der Waals surface area (Å²) in [4.78, 5) is 5.26. The highest BCUT2D eigenvalue weighted by atomic mass is 15.2. The standard InChI is InChI=1S/C12H24N2.C2H6.H3N/c1-3-11-5-4-8-14(11)12-6-9-13(2)10-7-12;1-2;/h11-12H,3-10H2,1-2H3;1-2H3;1H3/t11-;;/m1../s1. The minimum Gasteiger partial charge on any atom is -0.344 e. The van der Waals surface area contributed by atoms with Gasteiger partial charge in [-0.25, -0.2) is 0 Å². The summed E-state index contributed by atoms with van der Waals surface area (Å²) >= 11 is 0. The van der Waals surface area contributed by atoms with Gasteiger partial charge in [-0.1, -0.05) is 20.8 Å². The lowest BCUT2D eigenvalue weighted by atomic mass is 10.0. The summed E-state index contributed by atoms with van der Waals surface area (Å²) in [5.41, 5.74) is 0. The normalized spacial score (nSPS) is 27.2. The molecule has 2 heterocycles. The SMILES string of the molecule is CC.CC[C@@H]1CCCN1C1CCN(C)CC1.N. The van der Waals surface area contributed by atoms with Crippen LogP contribution in [0.5, 0.6) is 0 Å². The summed E-state index contributed by atoms with van der Waals surface area (Å²) in [5.74, 6) is 0. The van der Waals surface area contributed by atoms with Gasteiger partial charge in [0.25, 0.3) is 0 Å². The number of likely N-dealkylation sites (tertiary alicyclic amines) is 2. The Hall–Kier alpha value is -0.120. The molecule has 104 valence electrons. The smallest absolute Gasteiger partial charge is 0.0122 e. The third-order valence-corrected chi connectivity index (χ3v) is 4.05. The van der Waals surface area contributed by atoms with Gasteiger partial charge in [-0.3, -0.25) is 4.90 Å². The molecule has 0 aromatic rings. The van der Waals surface area contributed by atoms with Crippen LogP contribution < -0.4 is 6.15 Å². The van der Waals surface area contributed by atoms with Crippen LogP contribution in [0.3, 0.4) is 0 Å². The maximum atomic E-state index is 2.80. The van der Waals surface area contributed by atoms with Crippen molar-refractivity contribution >= 4 is 0 Å². The summed E-state index contributed by atoms with van der Waals surface area (Å²) in [6.07, 6.45) is 7.03. The topological polar surface area (TPSA) is 41.5 Å². The van der Waals surface area contributed by atoms with Crippen molar-refractivity contribution in [3.8, 4) is 0 Å². The van der Waals surface area contributed by atoms with Crippen molar-refractivity contribution < 1.29 is 0 Å². The van der Waals surface area contributed by atoms with E-state index in [-0.39, 0.29) is 6.15 Å². The number of rotatable bonds is 2. The van der Waals surface area contributed by atoms with Crippen LogP contribution in [-0.4, -0.2) is 48.6 Å². The van der Waals surface area contributed by atoms with Crippen molar-refractivity contribution in [1.82, 2.24) is 16.0 Å². The minimum absolute atomic E-state index is 0. The Morgan fingerprint density at radius 2 is 1.59 bits per heavy atom. The summed E-state index contributed by atoms with van der Waals surface area (Å²) < 4.78 is 0. The van der Waals surface area contributed by atoms with Crippen molar-refractivity contribution in [2.75, 3.05) is 26.7 Å². The van der Waals surface area contributed by atoms with E-state index in [4.69, 9.17) is 0 Å². The van der Waals surface area contributed by atoms with Gasteiger partial charge in [-0.05, 0) is 58.8 Å². The first-order valence-corrected chi connectivity index (χ1v) is 7.25. The highest BCUT2D eigenvalue weighted by Gasteiger charge is 2.30. The number of nitrogens with zero attached hydrogens (tertiary/aromatic N) is 2. The largest absolute Gasteiger partial charge is 0.344 e. The van der Waals surface area contributed by atoms with E-state index < -0.39 is 0 Å². The Bertz CT molecular complexity index is 176. The molecule has 0 amide bonds. The Labute approximate surface area is 108 Å². The van der Waals surface area contributed by atoms with Crippen molar-refractivity contribution in [2.45, 2.75) is 65.0 Å². The predicted molar refractivity (Wildman–Crippen MR) is 76.9 cm³/mol. The van der Waals surface area contributed by atoms with Crippen LogP contribution in [0, 0.1) is 0 Å².